The standard InChI is InChI=1S/C59H91N3O17/c1-37-20-17-15-13-11-9-7-8-10-12-14-16-18-21-46(78-58-56(73)53(55(72)40(4)77-58)61-36-41-22-24-42(25-23-41)62(5)6)33-50-52(57(74)60-28-19-29-63)49(69)35-59(75,79-50)34-48(68)47(67)27-26-43(64)30-44(65)31-45(66)32-51(70)76-39(3)38(2)54(37)71/h7-18,20-25,37-40,43-50,52-56,58,61,63-69,71-73,75H,19,26-36H2,1-6H3,(H,60,74)/b8-7+,11-9+,12-10+,15-13+,16-14+,20-17+,21-18+/t37-,38-,39-,40+,43+,44+,45+,46-,47+,48+,49-,50-,52+,53-,54+,55+,56-,58-,59+/m0/s1. The molecular weight excluding hydrogens is 1020 g/mol. The zero-order valence-corrected chi connectivity index (χ0v) is 46.6. The van der Waals surface area contributed by atoms with Crippen LogP contribution in [0.2, 0.25) is 0 Å². The lowest BCUT2D eigenvalue weighted by Crippen LogP contribution is -2.63. The van der Waals surface area contributed by atoms with Crippen LogP contribution in [-0.4, -0.2) is 193 Å². The van der Waals surface area contributed by atoms with Crippen LogP contribution in [0.1, 0.15) is 91.0 Å². The van der Waals surface area contributed by atoms with Gasteiger partial charge in [0.05, 0.1) is 85.5 Å². The maximum atomic E-state index is 13.8. The molecule has 79 heavy (non-hydrogen) atoms. The molecule has 1 amide bonds. The van der Waals surface area contributed by atoms with Gasteiger partial charge in [0.15, 0.2) is 12.1 Å². The molecule has 1 aromatic rings. The third-order valence-electron chi connectivity index (χ3n) is 14.6. The van der Waals surface area contributed by atoms with Crippen LogP contribution in [0, 0.1) is 17.8 Å². The quantitative estimate of drug-likeness (QED) is 0.118. The molecule has 0 unspecified atom stereocenters. The van der Waals surface area contributed by atoms with Crippen molar-refractivity contribution in [3.8, 4) is 0 Å². The van der Waals surface area contributed by atoms with Crippen LogP contribution in [-0.2, 0) is 35.1 Å². The molecule has 3 aliphatic heterocycles. The second-order valence-corrected chi connectivity index (χ2v) is 21.5. The number of amides is 1. The fourth-order valence-corrected chi connectivity index (χ4v) is 9.74. The van der Waals surface area contributed by atoms with E-state index in [0.717, 1.165) is 11.3 Å². The molecule has 444 valence electrons. The topological polar surface area (TPSA) is 321 Å². The summed E-state index contributed by atoms with van der Waals surface area (Å²) in [5.74, 6) is -5.81. The maximum Gasteiger partial charge on any atom is 0.308 e. The monoisotopic (exact) mass is 1110 g/mol. The molecule has 0 radical (unpaired) electrons. The van der Waals surface area contributed by atoms with Crippen molar-refractivity contribution in [3.05, 3.63) is 115 Å². The Bertz CT molecular complexity index is 2170. The Morgan fingerprint density at radius 1 is 0.696 bits per heavy atom. The van der Waals surface area contributed by atoms with Crippen molar-refractivity contribution < 1.29 is 84.7 Å². The first-order valence-electron chi connectivity index (χ1n) is 27.6. The summed E-state index contributed by atoms with van der Waals surface area (Å²) in [4.78, 5) is 28.5. The molecule has 2 saturated heterocycles. The fourth-order valence-electron chi connectivity index (χ4n) is 9.74. The van der Waals surface area contributed by atoms with Gasteiger partial charge in [-0.05, 0) is 63.6 Å². The Labute approximate surface area is 465 Å². The number of rotatable bonds is 10. The summed E-state index contributed by atoms with van der Waals surface area (Å²) in [6, 6.07) is 6.83. The largest absolute Gasteiger partial charge is 0.462 e. The van der Waals surface area contributed by atoms with Crippen molar-refractivity contribution in [1.29, 1.82) is 0 Å². The summed E-state index contributed by atoms with van der Waals surface area (Å²) < 4.78 is 24.3. The van der Waals surface area contributed by atoms with E-state index in [0.29, 0.717) is 0 Å². The summed E-state index contributed by atoms with van der Waals surface area (Å²) in [7, 11) is 3.86. The van der Waals surface area contributed by atoms with E-state index >= 15 is 0 Å². The number of hydrogen-bond acceptors (Lipinski definition) is 19. The minimum absolute atomic E-state index is 0.0535. The van der Waals surface area contributed by atoms with Gasteiger partial charge in [0, 0.05) is 70.6 Å². The number of carbonyl (C=O) groups is 2. The predicted molar refractivity (Wildman–Crippen MR) is 297 cm³/mol. The third kappa shape index (κ3) is 22.8. The number of hydrogen-bond donors (Lipinski definition) is 13. The minimum Gasteiger partial charge on any atom is -0.462 e. The molecule has 3 heterocycles. The van der Waals surface area contributed by atoms with Gasteiger partial charge in [0.2, 0.25) is 5.91 Å². The third-order valence-corrected chi connectivity index (χ3v) is 14.6. The van der Waals surface area contributed by atoms with Crippen LogP contribution in [0.15, 0.2) is 109 Å². The number of carbonyl (C=O) groups excluding carboxylic acids is 2. The second-order valence-electron chi connectivity index (χ2n) is 21.5. The highest BCUT2D eigenvalue weighted by atomic mass is 16.7. The first kappa shape index (κ1) is 67.0. The Morgan fingerprint density at radius 3 is 1.89 bits per heavy atom. The van der Waals surface area contributed by atoms with Crippen molar-refractivity contribution in [2.24, 2.45) is 17.8 Å². The highest BCUT2D eigenvalue weighted by molar-refractivity contribution is 5.80. The van der Waals surface area contributed by atoms with Crippen molar-refractivity contribution in [1.82, 2.24) is 10.6 Å². The van der Waals surface area contributed by atoms with Crippen molar-refractivity contribution >= 4 is 17.6 Å². The second kappa shape index (κ2) is 34.1. The summed E-state index contributed by atoms with van der Waals surface area (Å²) in [5, 5.41) is 127. The van der Waals surface area contributed by atoms with Crippen LogP contribution in [0.4, 0.5) is 5.69 Å². The summed E-state index contributed by atoms with van der Waals surface area (Å²) in [6.07, 6.45) is 4.82. The summed E-state index contributed by atoms with van der Waals surface area (Å²) >= 11 is 0. The molecule has 20 heteroatoms. The van der Waals surface area contributed by atoms with Gasteiger partial charge >= 0.3 is 5.97 Å². The highest BCUT2D eigenvalue weighted by Gasteiger charge is 2.51. The number of aliphatic hydroxyl groups is 11. The van der Waals surface area contributed by atoms with Gasteiger partial charge in [-0.3, -0.25) is 9.59 Å². The van der Waals surface area contributed by atoms with Gasteiger partial charge in [-0.15, -0.1) is 0 Å². The highest BCUT2D eigenvalue weighted by Crippen LogP contribution is 2.38. The van der Waals surface area contributed by atoms with E-state index in [1.54, 1.807) is 63.3 Å². The maximum absolute atomic E-state index is 13.8. The van der Waals surface area contributed by atoms with E-state index in [1.807, 2.05) is 92.7 Å². The van der Waals surface area contributed by atoms with Crippen LogP contribution in [0.3, 0.4) is 0 Å². The predicted octanol–water partition coefficient (Wildman–Crippen LogP) is 2.02. The number of benzene rings is 1. The molecular formula is C59H91N3O17. The van der Waals surface area contributed by atoms with Crippen molar-refractivity contribution in [3.63, 3.8) is 0 Å². The number of esters is 1. The fraction of sp³-hybridized carbons (Fsp3) is 0.627. The Hall–Kier alpha value is -4.46. The van der Waals surface area contributed by atoms with Crippen molar-refractivity contribution in [2.75, 3.05) is 32.1 Å². The van der Waals surface area contributed by atoms with Gasteiger partial charge in [-0.2, -0.15) is 0 Å². The lowest BCUT2D eigenvalue weighted by molar-refractivity contribution is -0.309. The molecule has 1 aromatic carbocycles. The average Bonchev–Trinajstić information content (AvgIpc) is 3.41. The Kier molecular flexibility index (Phi) is 28.9. The molecule has 2 bridgehead atoms. The Balaban J connectivity index is 1.63. The van der Waals surface area contributed by atoms with Crippen molar-refractivity contribution in [2.45, 2.75) is 189 Å². The molecule has 4 rings (SSSR count). The average molecular weight is 1110 g/mol. The van der Waals surface area contributed by atoms with E-state index in [9.17, 15) is 65.8 Å². The number of aliphatic hydroxyl groups excluding tert-OH is 10. The molecule has 20 nitrogen and oxygen atoms in total. The van der Waals surface area contributed by atoms with Gasteiger partial charge in [0.1, 0.15) is 12.2 Å². The smallest absolute Gasteiger partial charge is 0.308 e. The number of cyclic esters (lactones) is 1. The molecule has 3 aliphatic rings. The summed E-state index contributed by atoms with van der Waals surface area (Å²) in [5.41, 5.74) is 1.89. The van der Waals surface area contributed by atoms with E-state index in [-0.39, 0.29) is 64.1 Å². The SMILES string of the molecule is C[C@@H]1[C@H](O)[C@@H](C)/C=C/C=C/C=C/C=C/C=C/C=C/C=C/[C@H](O[C@@H]2O[C@H](C)[C@@H](O)[C@H](NCc3ccc(N(C)C)cc3)[C@@H]2O)C[C@@H]2O[C@](O)(C[C@@H](O)[C@H](O)CC[C@@H](O)C[C@@H](O)C[C@@H](O)CC(=O)O[C@H]1C)C[C@H](O)[C@H]2C(=O)NCCCO. The zero-order valence-electron chi connectivity index (χ0n) is 46.6. The lowest BCUT2D eigenvalue weighted by Gasteiger charge is -2.46. The van der Waals surface area contributed by atoms with E-state index in [4.69, 9.17) is 18.9 Å². The van der Waals surface area contributed by atoms with Gasteiger partial charge in [0.25, 0.3) is 0 Å². The normalized spacial score (nSPS) is 39.4. The minimum atomic E-state index is -2.34. The molecule has 2 fully saturated rings. The van der Waals surface area contributed by atoms with Gasteiger partial charge < -0.3 is 90.7 Å². The summed E-state index contributed by atoms with van der Waals surface area (Å²) in [6.45, 7) is 6.98. The number of anilines is 1. The Morgan fingerprint density at radius 2 is 1.28 bits per heavy atom. The number of fused-ring (bicyclic) bond motifs is 2. The van der Waals surface area contributed by atoms with Crippen LogP contribution in [0.5, 0.6) is 0 Å². The number of ether oxygens (including phenoxy) is 4. The van der Waals surface area contributed by atoms with E-state index in [1.165, 1.54) is 0 Å². The molecule has 13 N–H and O–H groups in total. The van der Waals surface area contributed by atoms with Crippen LogP contribution in [0.25, 0.3) is 0 Å². The van der Waals surface area contributed by atoms with E-state index in [2.05, 4.69) is 10.6 Å². The molecule has 0 spiro atoms. The lowest BCUT2D eigenvalue weighted by atomic mass is 9.82. The van der Waals surface area contributed by atoms with Gasteiger partial charge in [-0.25, -0.2) is 0 Å². The zero-order chi connectivity index (χ0) is 58.2. The van der Waals surface area contributed by atoms with Gasteiger partial charge in [-0.1, -0.05) is 111 Å². The molecule has 0 aliphatic carbocycles. The van der Waals surface area contributed by atoms with Crippen LogP contribution >= 0.6 is 0 Å². The molecule has 19 atom stereocenters. The number of nitrogens with one attached hydrogen (secondary N) is 2. The number of nitrogens with zero attached hydrogens (tertiary/aromatic N) is 1. The van der Waals surface area contributed by atoms with Crippen LogP contribution < -0.4 is 15.5 Å². The molecule has 0 saturated carbocycles. The first-order chi connectivity index (χ1) is 37.5. The number of allylic oxidation sites excluding steroid dienone is 12. The molecule has 0 aromatic heterocycles. The first-order valence-corrected chi connectivity index (χ1v) is 27.6. The van der Waals surface area contributed by atoms with E-state index < -0.39 is 140 Å².